The average molecular weight is 365 g/mol. The van der Waals surface area contributed by atoms with Crippen molar-refractivity contribution in [1.82, 2.24) is 19.6 Å². The summed E-state index contributed by atoms with van der Waals surface area (Å²) in [7, 11) is 1.80. The van der Waals surface area contributed by atoms with E-state index in [1.807, 2.05) is 0 Å². The highest BCUT2D eigenvalue weighted by Gasteiger charge is 2.27. The third-order valence-electron chi connectivity index (χ3n) is 4.21. The van der Waals surface area contributed by atoms with Crippen LogP contribution >= 0.6 is 11.6 Å². The molecule has 0 aliphatic carbocycles. The van der Waals surface area contributed by atoms with Crippen molar-refractivity contribution in [2.45, 2.75) is 6.42 Å². The molecule has 25 heavy (non-hydrogen) atoms. The van der Waals surface area contributed by atoms with Gasteiger partial charge >= 0.3 is 0 Å². The van der Waals surface area contributed by atoms with Gasteiger partial charge in [-0.15, -0.1) is 0 Å². The number of hydrogen-bond donors (Lipinski definition) is 0. The molecule has 0 unspecified atom stereocenters. The minimum atomic E-state index is -0.632. The lowest BCUT2D eigenvalue weighted by molar-refractivity contribution is -0.131. The number of rotatable bonds is 3. The second-order valence-corrected chi connectivity index (χ2v) is 6.38. The zero-order valence-corrected chi connectivity index (χ0v) is 14.5. The van der Waals surface area contributed by atoms with Crippen molar-refractivity contribution < 1.29 is 14.0 Å². The molecule has 2 heterocycles. The highest BCUT2D eigenvalue weighted by Crippen LogP contribution is 2.21. The lowest BCUT2D eigenvalue weighted by atomic mass is 10.1. The predicted molar refractivity (Wildman–Crippen MR) is 90.8 cm³/mol. The van der Waals surface area contributed by atoms with E-state index in [-0.39, 0.29) is 22.9 Å². The topological polar surface area (TPSA) is 58.4 Å². The number of hydrogen-bond acceptors (Lipinski definition) is 3. The quantitative estimate of drug-likeness (QED) is 0.833. The number of carbonyl (C=O) groups excluding carboxylic acids is 2. The maximum Gasteiger partial charge on any atom is 0.258 e. The molecular weight excluding hydrogens is 347 g/mol. The minimum absolute atomic E-state index is 0.0102. The molecular formula is C17H18ClFN4O2. The van der Waals surface area contributed by atoms with E-state index in [2.05, 4.69) is 5.10 Å². The number of halogens is 2. The number of carbonyl (C=O) groups is 2. The third-order valence-corrected chi connectivity index (χ3v) is 4.52. The number of benzene rings is 1. The van der Waals surface area contributed by atoms with Crippen molar-refractivity contribution in [3.05, 3.63) is 52.6 Å². The van der Waals surface area contributed by atoms with Crippen LogP contribution in [0.1, 0.15) is 15.9 Å². The molecule has 1 aliphatic rings. The Balaban J connectivity index is 1.60. The smallest absolute Gasteiger partial charge is 0.258 e. The summed E-state index contributed by atoms with van der Waals surface area (Å²) in [5, 5.41) is 4.14. The molecule has 0 N–H and O–H groups in total. The van der Waals surface area contributed by atoms with Crippen molar-refractivity contribution in [2.24, 2.45) is 7.05 Å². The number of nitrogens with zero attached hydrogens (tertiary/aromatic N) is 4. The lowest BCUT2D eigenvalue weighted by Gasteiger charge is -2.35. The molecule has 1 aliphatic heterocycles. The van der Waals surface area contributed by atoms with E-state index in [0.29, 0.717) is 26.2 Å². The lowest BCUT2D eigenvalue weighted by Crippen LogP contribution is -2.51. The normalized spacial score (nSPS) is 14.7. The van der Waals surface area contributed by atoms with E-state index in [1.54, 1.807) is 29.0 Å². The molecule has 0 spiro atoms. The fourth-order valence-corrected chi connectivity index (χ4v) is 3.11. The zero-order chi connectivity index (χ0) is 18.0. The number of aryl methyl sites for hydroxylation is 1. The Morgan fingerprint density at radius 2 is 1.88 bits per heavy atom. The summed E-state index contributed by atoms with van der Waals surface area (Å²) in [5.74, 6) is -1.08. The van der Waals surface area contributed by atoms with E-state index in [0.717, 1.165) is 5.56 Å². The monoisotopic (exact) mass is 364 g/mol. The molecule has 0 radical (unpaired) electrons. The van der Waals surface area contributed by atoms with Crippen molar-refractivity contribution in [3.63, 3.8) is 0 Å². The number of amides is 2. The standard InChI is InChI=1S/C17H18ClFN4O2/c1-21-11-12(10-20-21)9-15(24)22-5-7-23(8-6-22)17(25)16-13(18)3-2-4-14(16)19/h2-4,10-11H,5-9H2,1H3. The Hall–Kier alpha value is -2.41. The molecule has 0 saturated carbocycles. The Labute approximate surface area is 149 Å². The van der Waals surface area contributed by atoms with Crippen molar-refractivity contribution in [3.8, 4) is 0 Å². The Bertz CT molecular complexity index is 779. The SMILES string of the molecule is Cn1cc(CC(=O)N2CCN(C(=O)c3c(F)cccc3Cl)CC2)cn1. The van der Waals surface area contributed by atoms with Gasteiger partial charge in [0, 0.05) is 39.4 Å². The Morgan fingerprint density at radius 1 is 1.20 bits per heavy atom. The molecule has 8 heteroatoms. The van der Waals surface area contributed by atoms with Crippen LogP contribution in [0.4, 0.5) is 4.39 Å². The van der Waals surface area contributed by atoms with Gasteiger partial charge in [0.1, 0.15) is 5.82 Å². The van der Waals surface area contributed by atoms with Crippen LogP contribution in [-0.4, -0.2) is 57.6 Å². The molecule has 1 fully saturated rings. The summed E-state index contributed by atoms with van der Waals surface area (Å²) in [5.41, 5.74) is 0.739. The third kappa shape index (κ3) is 3.82. The van der Waals surface area contributed by atoms with Gasteiger partial charge in [0.2, 0.25) is 5.91 Å². The van der Waals surface area contributed by atoms with Gasteiger partial charge in [0.15, 0.2) is 0 Å². The van der Waals surface area contributed by atoms with Gasteiger partial charge < -0.3 is 9.80 Å². The van der Waals surface area contributed by atoms with E-state index >= 15 is 0 Å². The summed E-state index contributed by atoms with van der Waals surface area (Å²) in [6.07, 6.45) is 3.75. The van der Waals surface area contributed by atoms with E-state index in [4.69, 9.17) is 11.6 Å². The van der Waals surface area contributed by atoms with Gasteiger partial charge in [0.25, 0.3) is 5.91 Å². The summed E-state index contributed by atoms with van der Waals surface area (Å²) < 4.78 is 15.6. The first-order valence-electron chi connectivity index (χ1n) is 7.94. The molecule has 0 atom stereocenters. The predicted octanol–water partition coefficient (Wildman–Crippen LogP) is 1.74. The van der Waals surface area contributed by atoms with Crippen molar-refractivity contribution in [2.75, 3.05) is 26.2 Å². The molecule has 1 saturated heterocycles. The van der Waals surface area contributed by atoms with Gasteiger partial charge in [0.05, 0.1) is 23.2 Å². The average Bonchev–Trinajstić information content (AvgIpc) is 2.99. The highest BCUT2D eigenvalue weighted by molar-refractivity contribution is 6.33. The van der Waals surface area contributed by atoms with E-state index in [9.17, 15) is 14.0 Å². The van der Waals surface area contributed by atoms with Gasteiger partial charge in [-0.05, 0) is 17.7 Å². The molecule has 6 nitrogen and oxygen atoms in total. The number of aromatic nitrogens is 2. The maximum atomic E-state index is 13.9. The van der Waals surface area contributed by atoms with E-state index < -0.39 is 11.7 Å². The van der Waals surface area contributed by atoms with Crippen LogP contribution < -0.4 is 0 Å². The second-order valence-electron chi connectivity index (χ2n) is 5.97. The van der Waals surface area contributed by atoms with Crippen LogP contribution in [0.5, 0.6) is 0 Å². The zero-order valence-electron chi connectivity index (χ0n) is 13.8. The molecule has 0 bridgehead atoms. The fourth-order valence-electron chi connectivity index (χ4n) is 2.87. The summed E-state index contributed by atoms with van der Waals surface area (Å²) >= 11 is 5.96. The fraction of sp³-hybridized carbons (Fsp3) is 0.353. The molecule has 2 amide bonds. The van der Waals surface area contributed by atoms with Crippen molar-refractivity contribution >= 4 is 23.4 Å². The van der Waals surface area contributed by atoms with Crippen LogP contribution in [0.25, 0.3) is 0 Å². The molecule has 1 aromatic heterocycles. The maximum absolute atomic E-state index is 13.9. The summed E-state index contributed by atoms with van der Waals surface area (Å²) in [6.45, 7) is 1.53. The van der Waals surface area contributed by atoms with Gasteiger partial charge in [-0.25, -0.2) is 4.39 Å². The first kappa shape index (κ1) is 17.4. The van der Waals surface area contributed by atoms with Crippen molar-refractivity contribution in [1.29, 1.82) is 0 Å². The molecule has 3 rings (SSSR count). The summed E-state index contributed by atoms with van der Waals surface area (Å²) in [4.78, 5) is 28.1. The van der Waals surface area contributed by atoms with Crippen LogP contribution in [0.15, 0.2) is 30.6 Å². The Morgan fingerprint density at radius 3 is 2.48 bits per heavy atom. The van der Waals surface area contributed by atoms with Crippen LogP contribution in [-0.2, 0) is 18.3 Å². The highest BCUT2D eigenvalue weighted by atomic mass is 35.5. The molecule has 2 aromatic rings. The largest absolute Gasteiger partial charge is 0.339 e. The first-order chi connectivity index (χ1) is 12.0. The van der Waals surface area contributed by atoms with Crippen LogP contribution in [0.2, 0.25) is 5.02 Å². The number of piperazine rings is 1. The molecule has 132 valence electrons. The first-order valence-corrected chi connectivity index (χ1v) is 8.32. The Kier molecular flexibility index (Phi) is 5.03. The van der Waals surface area contributed by atoms with Crippen LogP contribution in [0.3, 0.4) is 0 Å². The second kappa shape index (κ2) is 7.23. The minimum Gasteiger partial charge on any atom is -0.339 e. The van der Waals surface area contributed by atoms with Gasteiger partial charge in [-0.3, -0.25) is 14.3 Å². The summed E-state index contributed by atoms with van der Waals surface area (Å²) in [6, 6.07) is 4.17. The van der Waals surface area contributed by atoms with Gasteiger partial charge in [-0.1, -0.05) is 17.7 Å². The van der Waals surface area contributed by atoms with Gasteiger partial charge in [-0.2, -0.15) is 5.10 Å². The van der Waals surface area contributed by atoms with E-state index in [1.165, 1.54) is 23.1 Å². The molecule has 1 aromatic carbocycles. The van der Waals surface area contributed by atoms with Crippen LogP contribution in [0, 0.1) is 5.82 Å².